The molecule has 0 aliphatic heterocycles. The van der Waals surface area contributed by atoms with Crippen LogP contribution in [-0.2, 0) is 13.6 Å². The average molecular weight is 164 g/mol. The minimum atomic E-state index is 0.720. The number of hydrogen-bond acceptors (Lipinski definition) is 3. The third-order valence-electron chi connectivity index (χ3n) is 1.53. The van der Waals surface area contributed by atoms with Crippen LogP contribution in [0.4, 0.5) is 0 Å². The van der Waals surface area contributed by atoms with E-state index in [-0.39, 0.29) is 0 Å². The quantitative estimate of drug-likeness (QED) is 0.500. The van der Waals surface area contributed by atoms with Crippen molar-refractivity contribution in [1.82, 2.24) is 20.1 Å². The summed E-state index contributed by atoms with van der Waals surface area (Å²) < 4.78 is 1.74. The third kappa shape index (κ3) is 2.36. The lowest BCUT2D eigenvalue weighted by Gasteiger charge is -2.00. The van der Waals surface area contributed by atoms with E-state index in [1.54, 1.807) is 4.68 Å². The van der Waals surface area contributed by atoms with Crippen LogP contribution in [0.5, 0.6) is 0 Å². The van der Waals surface area contributed by atoms with Gasteiger partial charge in [0.2, 0.25) is 0 Å². The van der Waals surface area contributed by atoms with E-state index in [2.05, 4.69) is 21.3 Å². The first-order valence-corrected chi connectivity index (χ1v) is 3.81. The molecule has 0 saturated heterocycles. The van der Waals surface area contributed by atoms with Crippen molar-refractivity contribution in [2.75, 3.05) is 6.54 Å². The summed E-state index contributed by atoms with van der Waals surface area (Å²) in [5.74, 6) is 3.48. The minimum Gasteiger partial charge on any atom is -0.309 e. The van der Waals surface area contributed by atoms with Gasteiger partial charge in [-0.2, -0.15) is 5.10 Å². The van der Waals surface area contributed by atoms with Crippen molar-refractivity contribution in [3.05, 3.63) is 12.2 Å². The fourth-order valence-corrected chi connectivity index (χ4v) is 0.841. The highest BCUT2D eigenvalue weighted by Crippen LogP contribution is 1.88. The zero-order valence-electron chi connectivity index (χ0n) is 7.12. The lowest BCUT2D eigenvalue weighted by Crippen LogP contribution is -2.17. The van der Waals surface area contributed by atoms with Crippen LogP contribution in [0.3, 0.4) is 0 Å². The molecule has 4 heteroatoms. The Hall–Kier alpha value is -1.34. The maximum Gasteiger partial charge on any atom is 0.140 e. The normalized spacial score (nSPS) is 9.67. The van der Waals surface area contributed by atoms with Gasteiger partial charge in [0.05, 0.1) is 6.54 Å². The zero-order valence-corrected chi connectivity index (χ0v) is 7.12. The van der Waals surface area contributed by atoms with E-state index in [0.717, 1.165) is 25.3 Å². The SMILES string of the molecule is C#CCCNCc1ncnn1C. The fourth-order valence-electron chi connectivity index (χ4n) is 0.841. The summed E-state index contributed by atoms with van der Waals surface area (Å²) in [5.41, 5.74) is 0. The molecular weight excluding hydrogens is 152 g/mol. The molecule has 4 nitrogen and oxygen atoms in total. The molecular formula is C8H12N4. The smallest absolute Gasteiger partial charge is 0.140 e. The van der Waals surface area contributed by atoms with Crippen molar-refractivity contribution in [1.29, 1.82) is 0 Å². The fraction of sp³-hybridized carbons (Fsp3) is 0.500. The van der Waals surface area contributed by atoms with Gasteiger partial charge in [-0.25, -0.2) is 4.98 Å². The summed E-state index contributed by atoms with van der Waals surface area (Å²) in [6.07, 6.45) is 7.38. The molecule has 0 spiro atoms. The Kier molecular flexibility index (Phi) is 3.30. The highest BCUT2D eigenvalue weighted by atomic mass is 15.3. The van der Waals surface area contributed by atoms with Gasteiger partial charge in [0.25, 0.3) is 0 Å². The third-order valence-corrected chi connectivity index (χ3v) is 1.53. The van der Waals surface area contributed by atoms with Crippen LogP contribution in [0.2, 0.25) is 0 Å². The van der Waals surface area contributed by atoms with E-state index in [4.69, 9.17) is 6.42 Å². The maximum absolute atomic E-state index is 5.09. The van der Waals surface area contributed by atoms with Crippen molar-refractivity contribution >= 4 is 0 Å². The first-order valence-electron chi connectivity index (χ1n) is 3.81. The van der Waals surface area contributed by atoms with E-state index >= 15 is 0 Å². The molecule has 0 aliphatic rings. The van der Waals surface area contributed by atoms with E-state index in [1.165, 1.54) is 6.33 Å². The van der Waals surface area contributed by atoms with Gasteiger partial charge >= 0.3 is 0 Å². The summed E-state index contributed by atoms with van der Waals surface area (Å²) in [5, 5.41) is 7.10. The van der Waals surface area contributed by atoms with Crippen molar-refractivity contribution in [3.8, 4) is 12.3 Å². The Morgan fingerprint density at radius 3 is 3.17 bits per heavy atom. The van der Waals surface area contributed by atoms with Gasteiger partial charge in [-0.05, 0) is 0 Å². The van der Waals surface area contributed by atoms with Crippen LogP contribution in [0.1, 0.15) is 12.2 Å². The molecule has 0 saturated carbocycles. The standard InChI is InChI=1S/C8H12N4/c1-3-4-5-9-6-8-10-7-11-12(8)2/h1,7,9H,4-6H2,2H3. The van der Waals surface area contributed by atoms with Crippen molar-refractivity contribution in [2.24, 2.45) is 7.05 Å². The first kappa shape index (κ1) is 8.75. The van der Waals surface area contributed by atoms with Crippen molar-refractivity contribution in [2.45, 2.75) is 13.0 Å². The molecule has 0 bridgehead atoms. The van der Waals surface area contributed by atoms with E-state index in [1.807, 2.05) is 7.05 Å². The molecule has 64 valence electrons. The number of terminal acetylenes is 1. The predicted molar refractivity (Wildman–Crippen MR) is 46.2 cm³/mol. The maximum atomic E-state index is 5.09. The molecule has 0 aliphatic carbocycles. The molecule has 1 N–H and O–H groups in total. The van der Waals surface area contributed by atoms with Crippen LogP contribution in [-0.4, -0.2) is 21.3 Å². The topological polar surface area (TPSA) is 42.7 Å². The zero-order chi connectivity index (χ0) is 8.81. The number of rotatable bonds is 4. The summed E-state index contributed by atoms with van der Waals surface area (Å²) >= 11 is 0. The molecule has 1 rings (SSSR count). The molecule has 1 heterocycles. The molecule has 0 amide bonds. The second-order valence-corrected chi connectivity index (χ2v) is 2.43. The number of aromatic nitrogens is 3. The van der Waals surface area contributed by atoms with Gasteiger partial charge in [-0.3, -0.25) is 4.68 Å². The largest absolute Gasteiger partial charge is 0.309 e. The summed E-state index contributed by atoms with van der Waals surface area (Å²) in [6.45, 7) is 1.54. The second-order valence-electron chi connectivity index (χ2n) is 2.43. The second kappa shape index (κ2) is 4.52. The monoisotopic (exact) mass is 164 g/mol. The highest BCUT2D eigenvalue weighted by Gasteiger charge is 1.97. The van der Waals surface area contributed by atoms with Crippen LogP contribution in [0.25, 0.3) is 0 Å². The molecule has 0 atom stereocenters. The number of hydrogen-bond donors (Lipinski definition) is 1. The van der Waals surface area contributed by atoms with Crippen LogP contribution >= 0.6 is 0 Å². The molecule has 0 aromatic carbocycles. The predicted octanol–water partition coefficient (Wildman–Crippen LogP) is -0.0720. The number of nitrogens with one attached hydrogen (secondary N) is 1. The summed E-state index contributed by atoms with van der Waals surface area (Å²) in [4.78, 5) is 4.05. The highest BCUT2D eigenvalue weighted by molar-refractivity contribution is 4.86. The van der Waals surface area contributed by atoms with E-state index < -0.39 is 0 Å². The Balaban J connectivity index is 2.25. The first-order chi connectivity index (χ1) is 5.84. The Labute approximate surface area is 72.0 Å². The van der Waals surface area contributed by atoms with Crippen LogP contribution < -0.4 is 5.32 Å². The van der Waals surface area contributed by atoms with Gasteiger partial charge in [-0.1, -0.05) is 0 Å². The lowest BCUT2D eigenvalue weighted by molar-refractivity contribution is 0.620. The number of aryl methyl sites for hydroxylation is 1. The Morgan fingerprint density at radius 1 is 1.75 bits per heavy atom. The minimum absolute atomic E-state index is 0.720. The van der Waals surface area contributed by atoms with Gasteiger partial charge in [-0.15, -0.1) is 12.3 Å². The van der Waals surface area contributed by atoms with Crippen molar-refractivity contribution < 1.29 is 0 Å². The summed E-state index contributed by atoms with van der Waals surface area (Å²) in [6, 6.07) is 0. The van der Waals surface area contributed by atoms with Gasteiger partial charge in [0.1, 0.15) is 12.2 Å². The molecule has 1 aromatic heterocycles. The molecule has 0 fully saturated rings. The Bertz CT molecular complexity index is 271. The lowest BCUT2D eigenvalue weighted by atomic mass is 10.4. The Morgan fingerprint density at radius 2 is 2.58 bits per heavy atom. The average Bonchev–Trinajstić information content (AvgIpc) is 2.46. The molecule has 12 heavy (non-hydrogen) atoms. The van der Waals surface area contributed by atoms with Gasteiger partial charge < -0.3 is 5.32 Å². The van der Waals surface area contributed by atoms with Crippen LogP contribution in [0.15, 0.2) is 6.33 Å². The molecule has 0 unspecified atom stereocenters. The molecule has 0 radical (unpaired) electrons. The van der Waals surface area contributed by atoms with Gasteiger partial charge in [0, 0.05) is 20.0 Å². The van der Waals surface area contributed by atoms with Gasteiger partial charge in [0.15, 0.2) is 0 Å². The number of nitrogens with zero attached hydrogens (tertiary/aromatic N) is 3. The molecule has 1 aromatic rings. The van der Waals surface area contributed by atoms with E-state index in [9.17, 15) is 0 Å². The van der Waals surface area contributed by atoms with E-state index in [0.29, 0.717) is 0 Å². The summed E-state index contributed by atoms with van der Waals surface area (Å²) in [7, 11) is 1.87. The van der Waals surface area contributed by atoms with Crippen molar-refractivity contribution in [3.63, 3.8) is 0 Å². The van der Waals surface area contributed by atoms with Crippen LogP contribution in [0, 0.1) is 12.3 Å².